The zero-order valence-electron chi connectivity index (χ0n) is 29.0. The van der Waals surface area contributed by atoms with E-state index in [1.165, 1.54) is 11.6 Å². The van der Waals surface area contributed by atoms with Gasteiger partial charge in [-0.3, -0.25) is 9.59 Å². The highest BCUT2D eigenvalue weighted by atomic mass is 35.5. The van der Waals surface area contributed by atoms with E-state index in [1.807, 2.05) is 121 Å². The van der Waals surface area contributed by atoms with Crippen molar-refractivity contribution in [1.82, 2.24) is 5.32 Å². The number of benzene rings is 6. The summed E-state index contributed by atoms with van der Waals surface area (Å²) in [5.41, 5.74) is 7.65. The first kappa shape index (κ1) is 35.8. The molecule has 0 fully saturated rings. The van der Waals surface area contributed by atoms with E-state index in [0.29, 0.717) is 17.2 Å². The van der Waals surface area contributed by atoms with E-state index >= 15 is 0 Å². The van der Waals surface area contributed by atoms with E-state index in [-0.39, 0.29) is 29.5 Å². The Morgan fingerprint density at radius 1 is 0.654 bits per heavy atom. The van der Waals surface area contributed by atoms with E-state index in [0.717, 1.165) is 33.4 Å². The monoisotopic (exact) mass is 706 g/mol. The number of aliphatic carboxylic acids is 1. The summed E-state index contributed by atoms with van der Waals surface area (Å²) in [6, 6.07) is 46.3. The predicted octanol–water partition coefficient (Wildman–Crippen LogP) is 10.1. The van der Waals surface area contributed by atoms with Gasteiger partial charge >= 0.3 is 5.97 Å². The van der Waals surface area contributed by atoms with E-state index < -0.39 is 17.9 Å². The van der Waals surface area contributed by atoms with Crippen molar-refractivity contribution in [2.75, 3.05) is 4.90 Å². The minimum Gasteiger partial charge on any atom is -0.480 e. The Balaban J connectivity index is 1.30. The van der Waals surface area contributed by atoms with Crippen molar-refractivity contribution in [1.29, 1.82) is 0 Å². The third kappa shape index (κ3) is 8.66. The van der Waals surface area contributed by atoms with Crippen LogP contribution in [0.15, 0.2) is 152 Å². The number of carboxylic acids is 1. The third-order valence-corrected chi connectivity index (χ3v) is 9.30. The Labute approximate surface area is 309 Å². The lowest BCUT2D eigenvalue weighted by Gasteiger charge is -2.26. The van der Waals surface area contributed by atoms with Crippen molar-refractivity contribution < 1.29 is 19.5 Å². The number of rotatable bonds is 12. The molecule has 1 atom stereocenters. The fraction of sp³-hybridized carbons (Fsp3) is 0.133. The summed E-state index contributed by atoms with van der Waals surface area (Å²) >= 11 is 6.44. The van der Waals surface area contributed by atoms with Gasteiger partial charge in [-0.05, 0) is 75.2 Å². The molecular weight excluding hydrogens is 668 g/mol. The highest BCUT2D eigenvalue weighted by Crippen LogP contribution is 2.30. The van der Waals surface area contributed by atoms with Gasteiger partial charge in [0.2, 0.25) is 0 Å². The van der Waals surface area contributed by atoms with Crippen LogP contribution in [-0.4, -0.2) is 28.9 Å². The van der Waals surface area contributed by atoms with Crippen LogP contribution in [0.2, 0.25) is 5.02 Å². The van der Waals surface area contributed by atoms with Crippen LogP contribution in [0.4, 0.5) is 5.69 Å². The number of halogens is 1. The highest BCUT2D eigenvalue weighted by Gasteiger charge is 2.27. The third-order valence-electron chi connectivity index (χ3n) is 9.07. The Hall–Kier alpha value is -5.98. The number of carboxylic acid groups (broad SMARTS) is 1. The predicted molar refractivity (Wildman–Crippen MR) is 209 cm³/mol. The fourth-order valence-electron chi connectivity index (χ4n) is 6.11. The first-order chi connectivity index (χ1) is 25.2. The lowest BCUT2D eigenvalue weighted by molar-refractivity contribution is -0.139. The number of anilines is 1. The van der Waals surface area contributed by atoms with Crippen LogP contribution in [0.5, 0.6) is 0 Å². The van der Waals surface area contributed by atoms with Crippen molar-refractivity contribution in [3.05, 3.63) is 184 Å². The summed E-state index contributed by atoms with van der Waals surface area (Å²) in [5, 5.41) is 13.2. The molecule has 6 rings (SSSR count). The smallest absolute Gasteiger partial charge is 0.326 e. The van der Waals surface area contributed by atoms with Crippen LogP contribution >= 0.6 is 11.6 Å². The average molecular weight is 707 g/mol. The molecule has 6 aromatic rings. The Morgan fingerprint density at radius 3 is 1.71 bits per heavy atom. The molecule has 0 spiro atoms. The largest absolute Gasteiger partial charge is 0.480 e. The van der Waals surface area contributed by atoms with Gasteiger partial charge in [0.15, 0.2) is 0 Å². The molecule has 2 N–H and O–H groups in total. The van der Waals surface area contributed by atoms with Gasteiger partial charge in [0.1, 0.15) is 6.04 Å². The standard InChI is InChI=1S/C45H39ClN2O4/c1-30(2)33-17-15-32(16-18-33)29-48(44(50)38-23-21-37(22-24-38)35-11-7-4-8-12-35)42-26-25-39(46)28-40(42)43(49)47-41(45(51)52)27-31-13-19-36(20-14-31)34-9-5-3-6-10-34/h3-26,28,30,41H,27,29H2,1-2H3,(H,47,49)(H,51,52). The maximum Gasteiger partial charge on any atom is 0.326 e. The topological polar surface area (TPSA) is 86.7 Å². The molecule has 0 bridgehead atoms. The zero-order valence-corrected chi connectivity index (χ0v) is 29.8. The lowest BCUT2D eigenvalue weighted by atomic mass is 10.00. The minimum atomic E-state index is -1.24. The van der Waals surface area contributed by atoms with Crippen LogP contribution in [0.25, 0.3) is 22.3 Å². The van der Waals surface area contributed by atoms with Crippen LogP contribution in [0.3, 0.4) is 0 Å². The zero-order chi connectivity index (χ0) is 36.6. The Bertz CT molecular complexity index is 2150. The van der Waals surface area contributed by atoms with Gasteiger partial charge in [-0.15, -0.1) is 0 Å². The van der Waals surface area contributed by atoms with Gasteiger partial charge in [0, 0.05) is 17.0 Å². The first-order valence-corrected chi connectivity index (χ1v) is 17.6. The van der Waals surface area contributed by atoms with Crippen molar-refractivity contribution in [3.63, 3.8) is 0 Å². The Kier molecular flexibility index (Phi) is 11.3. The van der Waals surface area contributed by atoms with E-state index in [2.05, 4.69) is 19.2 Å². The molecular formula is C45H39ClN2O4. The van der Waals surface area contributed by atoms with E-state index in [1.54, 1.807) is 29.2 Å². The molecule has 7 heteroatoms. The summed E-state index contributed by atoms with van der Waals surface area (Å²) in [6.45, 7) is 4.40. The highest BCUT2D eigenvalue weighted by molar-refractivity contribution is 6.31. The number of nitrogens with zero attached hydrogens (tertiary/aromatic N) is 1. The molecule has 260 valence electrons. The second kappa shape index (κ2) is 16.4. The summed E-state index contributed by atoms with van der Waals surface area (Å²) in [6.07, 6.45) is 0.0602. The maximum atomic E-state index is 14.4. The van der Waals surface area contributed by atoms with Gasteiger partial charge < -0.3 is 15.3 Å². The molecule has 2 amide bonds. The molecule has 6 aromatic carbocycles. The van der Waals surface area contributed by atoms with Gasteiger partial charge in [0.05, 0.1) is 17.8 Å². The number of hydrogen-bond donors (Lipinski definition) is 2. The van der Waals surface area contributed by atoms with Crippen molar-refractivity contribution in [2.24, 2.45) is 0 Å². The number of carbonyl (C=O) groups is 3. The van der Waals surface area contributed by atoms with Crippen LogP contribution in [0, 0.1) is 0 Å². The van der Waals surface area contributed by atoms with E-state index in [4.69, 9.17) is 11.6 Å². The molecule has 0 radical (unpaired) electrons. The number of nitrogens with one attached hydrogen (secondary N) is 1. The molecule has 0 aliphatic heterocycles. The quantitative estimate of drug-likeness (QED) is 0.133. The molecule has 0 saturated heterocycles. The van der Waals surface area contributed by atoms with Gasteiger partial charge in [-0.2, -0.15) is 0 Å². The second-order valence-electron chi connectivity index (χ2n) is 13.0. The fourth-order valence-corrected chi connectivity index (χ4v) is 6.28. The molecule has 6 nitrogen and oxygen atoms in total. The Morgan fingerprint density at radius 2 is 1.17 bits per heavy atom. The van der Waals surface area contributed by atoms with Crippen molar-refractivity contribution in [2.45, 2.75) is 38.8 Å². The molecule has 0 aliphatic carbocycles. The molecule has 0 heterocycles. The first-order valence-electron chi connectivity index (χ1n) is 17.2. The van der Waals surface area contributed by atoms with Crippen molar-refractivity contribution in [3.8, 4) is 22.3 Å². The second-order valence-corrected chi connectivity index (χ2v) is 13.5. The SMILES string of the molecule is CC(C)c1ccc(CN(C(=O)c2ccc(-c3ccccc3)cc2)c2ccc(Cl)cc2C(=O)NC(Cc2ccc(-c3ccccc3)cc2)C(=O)O)cc1. The van der Waals surface area contributed by atoms with Crippen molar-refractivity contribution >= 4 is 35.1 Å². The molecule has 0 aromatic heterocycles. The minimum absolute atomic E-state index is 0.0602. The van der Waals surface area contributed by atoms with Crippen LogP contribution in [0.1, 0.15) is 57.2 Å². The normalized spacial score (nSPS) is 11.5. The van der Waals surface area contributed by atoms with Crippen LogP contribution in [-0.2, 0) is 17.8 Å². The molecule has 52 heavy (non-hydrogen) atoms. The average Bonchev–Trinajstić information content (AvgIpc) is 3.17. The number of hydrogen-bond acceptors (Lipinski definition) is 3. The van der Waals surface area contributed by atoms with E-state index in [9.17, 15) is 19.5 Å². The summed E-state index contributed by atoms with van der Waals surface area (Å²) in [7, 11) is 0. The summed E-state index contributed by atoms with van der Waals surface area (Å²) in [5.74, 6) is -1.82. The number of amides is 2. The molecule has 0 aliphatic rings. The lowest BCUT2D eigenvalue weighted by Crippen LogP contribution is -2.43. The molecule has 0 saturated carbocycles. The molecule has 1 unspecified atom stereocenters. The van der Waals surface area contributed by atoms with Crippen LogP contribution < -0.4 is 10.2 Å². The summed E-state index contributed by atoms with van der Waals surface area (Å²) in [4.78, 5) is 42.5. The maximum absolute atomic E-state index is 14.4. The van der Waals surface area contributed by atoms with Gasteiger partial charge in [-0.1, -0.05) is 147 Å². The number of carbonyl (C=O) groups excluding carboxylic acids is 2. The van der Waals surface area contributed by atoms with Gasteiger partial charge in [-0.25, -0.2) is 4.79 Å². The van der Waals surface area contributed by atoms with Gasteiger partial charge in [0.25, 0.3) is 11.8 Å². The summed E-state index contributed by atoms with van der Waals surface area (Å²) < 4.78 is 0.